The SMILES string of the molecule is CC(C)c1nc2ccc(Br)cc2c(=O)n1N=Cc1cc(Cl)ccc1O[C@@H](C)C(=O)O. The molecule has 0 radical (unpaired) electrons. The first-order valence-corrected chi connectivity index (χ1v) is 10.3. The third-order valence-electron chi connectivity index (χ3n) is 4.29. The molecule has 1 atom stereocenters. The Morgan fingerprint density at radius 3 is 2.67 bits per heavy atom. The van der Waals surface area contributed by atoms with Crippen molar-refractivity contribution in [3.05, 3.63) is 67.6 Å². The summed E-state index contributed by atoms with van der Waals surface area (Å²) < 4.78 is 7.49. The van der Waals surface area contributed by atoms with Crippen molar-refractivity contribution in [3.8, 4) is 5.75 Å². The molecular formula is C21H19BrClN3O4. The number of ether oxygens (including phenoxy) is 1. The van der Waals surface area contributed by atoms with Crippen LogP contribution >= 0.6 is 27.5 Å². The van der Waals surface area contributed by atoms with E-state index in [0.29, 0.717) is 27.3 Å². The minimum Gasteiger partial charge on any atom is -0.479 e. The summed E-state index contributed by atoms with van der Waals surface area (Å²) in [7, 11) is 0. The van der Waals surface area contributed by atoms with Crippen LogP contribution in [0.4, 0.5) is 0 Å². The smallest absolute Gasteiger partial charge is 0.344 e. The number of nitrogens with zero attached hydrogens (tertiary/aromatic N) is 3. The van der Waals surface area contributed by atoms with Gasteiger partial charge in [-0.3, -0.25) is 4.79 Å². The van der Waals surface area contributed by atoms with E-state index in [0.717, 1.165) is 4.47 Å². The van der Waals surface area contributed by atoms with E-state index in [4.69, 9.17) is 21.4 Å². The van der Waals surface area contributed by atoms with Crippen LogP contribution in [0.1, 0.15) is 38.1 Å². The lowest BCUT2D eigenvalue weighted by molar-refractivity contribution is -0.144. The molecule has 0 aliphatic heterocycles. The Morgan fingerprint density at radius 2 is 2.00 bits per heavy atom. The van der Waals surface area contributed by atoms with Crippen molar-refractivity contribution in [1.29, 1.82) is 0 Å². The second kappa shape index (κ2) is 8.97. The molecule has 9 heteroatoms. The van der Waals surface area contributed by atoms with E-state index in [-0.39, 0.29) is 17.2 Å². The van der Waals surface area contributed by atoms with Gasteiger partial charge in [-0.2, -0.15) is 9.78 Å². The zero-order chi connectivity index (χ0) is 22.0. The van der Waals surface area contributed by atoms with Gasteiger partial charge < -0.3 is 9.84 Å². The van der Waals surface area contributed by atoms with E-state index < -0.39 is 12.1 Å². The first-order chi connectivity index (χ1) is 14.2. The topological polar surface area (TPSA) is 93.8 Å². The molecule has 7 nitrogen and oxygen atoms in total. The predicted molar refractivity (Wildman–Crippen MR) is 120 cm³/mol. The van der Waals surface area contributed by atoms with Gasteiger partial charge in [-0.15, -0.1) is 0 Å². The fourth-order valence-corrected chi connectivity index (χ4v) is 3.28. The van der Waals surface area contributed by atoms with Gasteiger partial charge in [0.25, 0.3) is 5.56 Å². The van der Waals surface area contributed by atoms with E-state index in [1.807, 2.05) is 19.9 Å². The number of carboxylic acids is 1. The summed E-state index contributed by atoms with van der Waals surface area (Å²) in [6.07, 6.45) is 0.348. The molecule has 1 aromatic heterocycles. The molecule has 0 amide bonds. The zero-order valence-electron chi connectivity index (χ0n) is 16.5. The Labute approximate surface area is 186 Å². The standard InChI is InChI=1S/C21H19BrClN3O4/c1-11(2)19-25-17-6-4-14(22)9-16(17)20(27)26(19)24-10-13-8-15(23)5-7-18(13)30-12(3)21(28)29/h4-12H,1-3H3,(H,28,29)/t12-/m0/s1. The maximum atomic E-state index is 13.1. The number of aromatic nitrogens is 2. The molecule has 0 aliphatic rings. The molecule has 0 saturated carbocycles. The van der Waals surface area contributed by atoms with Crippen LogP contribution in [0.25, 0.3) is 10.9 Å². The van der Waals surface area contributed by atoms with E-state index in [9.17, 15) is 9.59 Å². The van der Waals surface area contributed by atoms with Crippen LogP contribution in [0.3, 0.4) is 0 Å². The monoisotopic (exact) mass is 491 g/mol. The summed E-state index contributed by atoms with van der Waals surface area (Å²) in [6, 6.07) is 10.0. The highest BCUT2D eigenvalue weighted by Gasteiger charge is 2.16. The summed E-state index contributed by atoms with van der Waals surface area (Å²) in [5.74, 6) is -0.386. The molecule has 156 valence electrons. The molecule has 2 aromatic carbocycles. The molecular weight excluding hydrogens is 474 g/mol. The molecule has 0 aliphatic carbocycles. The molecule has 0 spiro atoms. The number of hydrogen-bond acceptors (Lipinski definition) is 5. The third-order valence-corrected chi connectivity index (χ3v) is 5.01. The van der Waals surface area contributed by atoms with Gasteiger partial charge in [0.2, 0.25) is 0 Å². The van der Waals surface area contributed by atoms with Gasteiger partial charge >= 0.3 is 5.97 Å². The second-order valence-corrected chi connectivity index (χ2v) is 8.28. The number of carboxylic acid groups (broad SMARTS) is 1. The van der Waals surface area contributed by atoms with Crippen molar-refractivity contribution in [2.45, 2.75) is 32.8 Å². The molecule has 0 unspecified atom stereocenters. The van der Waals surface area contributed by atoms with Crippen molar-refractivity contribution in [3.63, 3.8) is 0 Å². The van der Waals surface area contributed by atoms with Crippen LogP contribution in [0.15, 0.2) is 50.8 Å². The third kappa shape index (κ3) is 4.71. The summed E-state index contributed by atoms with van der Waals surface area (Å²) in [5.41, 5.74) is 0.705. The van der Waals surface area contributed by atoms with Crippen LogP contribution in [0.2, 0.25) is 5.02 Å². The van der Waals surface area contributed by atoms with Gasteiger partial charge in [0.15, 0.2) is 6.10 Å². The van der Waals surface area contributed by atoms with Crippen molar-refractivity contribution in [2.75, 3.05) is 0 Å². The average molecular weight is 493 g/mol. The first kappa shape index (κ1) is 22.0. The van der Waals surface area contributed by atoms with Crippen molar-refractivity contribution in [2.24, 2.45) is 5.10 Å². The Hall–Kier alpha value is -2.71. The largest absolute Gasteiger partial charge is 0.479 e. The molecule has 0 bridgehead atoms. The van der Waals surface area contributed by atoms with Gasteiger partial charge in [-0.25, -0.2) is 9.78 Å². The number of carbonyl (C=O) groups is 1. The predicted octanol–water partition coefficient (Wildman–Crippen LogP) is 4.67. The highest BCUT2D eigenvalue weighted by Crippen LogP contribution is 2.23. The molecule has 3 rings (SSSR count). The van der Waals surface area contributed by atoms with Crippen molar-refractivity contribution in [1.82, 2.24) is 9.66 Å². The van der Waals surface area contributed by atoms with Crippen molar-refractivity contribution < 1.29 is 14.6 Å². The second-order valence-electron chi connectivity index (χ2n) is 6.93. The Kier molecular flexibility index (Phi) is 6.58. The lowest BCUT2D eigenvalue weighted by Gasteiger charge is -2.14. The number of rotatable bonds is 6. The lowest BCUT2D eigenvalue weighted by atomic mass is 10.2. The molecule has 30 heavy (non-hydrogen) atoms. The highest BCUT2D eigenvalue weighted by molar-refractivity contribution is 9.10. The fourth-order valence-electron chi connectivity index (χ4n) is 2.74. The number of halogens is 2. The molecule has 1 heterocycles. The summed E-state index contributed by atoms with van der Waals surface area (Å²) in [4.78, 5) is 28.8. The number of hydrogen-bond donors (Lipinski definition) is 1. The summed E-state index contributed by atoms with van der Waals surface area (Å²) in [5, 5.41) is 14.3. The summed E-state index contributed by atoms with van der Waals surface area (Å²) >= 11 is 9.46. The first-order valence-electron chi connectivity index (χ1n) is 9.13. The van der Waals surface area contributed by atoms with Crippen LogP contribution in [-0.4, -0.2) is 33.1 Å². The molecule has 1 N–H and O–H groups in total. The van der Waals surface area contributed by atoms with Gasteiger partial charge in [0, 0.05) is 21.0 Å². The van der Waals surface area contributed by atoms with Crippen LogP contribution in [0.5, 0.6) is 5.75 Å². The number of benzene rings is 2. The van der Waals surface area contributed by atoms with Gasteiger partial charge in [0.05, 0.1) is 17.1 Å². The maximum Gasteiger partial charge on any atom is 0.344 e. The Morgan fingerprint density at radius 1 is 1.27 bits per heavy atom. The normalized spacial score (nSPS) is 12.6. The molecule has 0 saturated heterocycles. The number of fused-ring (bicyclic) bond motifs is 1. The van der Waals surface area contributed by atoms with E-state index in [2.05, 4.69) is 26.0 Å². The highest BCUT2D eigenvalue weighted by atomic mass is 79.9. The van der Waals surface area contributed by atoms with E-state index >= 15 is 0 Å². The maximum absolute atomic E-state index is 13.1. The minimum atomic E-state index is -1.10. The fraction of sp³-hybridized carbons (Fsp3) is 0.238. The Bertz CT molecular complexity index is 1210. The number of aliphatic carboxylic acids is 1. The van der Waals surface area contributed by atoms with Gasteiger partial charge in [0.1, 0.15) is 11.6 Å². The van der Waals surface area contributed by atoms with Crippen LogP contribution in [0, 0.1) is 0 Å². The van der Waals surface area contributed by atoms with E-state index in [1.165, 1.54) is 17.8 Å². The lowest BCUT2D eigenvalue weighted by Crippen LogP contribution is -2.24. The van der Waals surface area contributed by atoms with Crippen LogP contribution in [-0.2, 0) is 4.79 Å². The average Bonchev–Trinajstić information content (AvgIpc) is 2.69. The summed E-state index contributed by atoms with van der Waals surface area (Å²) in [6.45, 7) is 5.26. The van der Waals surface area contributed by atoms with Crippen molar-refractivity contribution >= 4 is 50.6 Å². The Balaban J connectivity index is 2.13. The van der Waals surface area contributed by atoms with Crippen LogP contribution < -0.4 is 10.3 Å². The zero-order valence-corrected chi connectivity index (χ0v) is 18.8. The quantitative estimate of drug-likeness (QED) is 0.505. The minimum absolute atomic E-state index is 0.0648. The molecule has 0 fully saturated rings. The van der Waals surface area contributed by atoms with Gasteiger partial charge in [-0.05, 0) is 43.3 Å². The molecule has 3 aromatic rings. The van der Waals surface area contributed by atoms with E-state index in [1.54, 1.807) is 30.3 Å². The van der Waals surface area contributed by atoms with Gasteiger partial charge in [-0.1, -0.05) is 41.4 Å².